The van der Waals surface area contributed by atoms with Gasteiger partial charge in [0.15, 0.2) is 6.10 Å². The molecule has 1 rings (SSSR count). The summed E-state index contributed by atoms with van der Waals surface area (Å²) in [6.07, 6.45) is -7.21. The number of aliphatic hydroxyl groups excluding tert-OH is 1. The number of benzene rings is 1. The van der Waals surface area contributed by atoms with Crippen molar-refractivity contribution in [2.45, 2.75) is 19.2 Å². The molecule has 0 aromatic heterocycles. The van der Waals surface area contributed by atoms with Crippen molar-refractivity contribution in [3.8, 4) is 0 Å². The SMILES string of the molecule is Cc1cccc(F)c1NCC(O)C(F)(F)F. The summed E-state index contributed by atoms with van der Waals surface area (Å²) in [6.45, 7) is 0.788. The van der Waals surface area contributed by atoms with Crippen LogP contribution in [0.1, 0.15) is 5.56 Å². The minimum atomic E-state index is -4.70. The number of alkyl halides is 3. The maximum absolute atomic E-state index is 13.2. The smallest absolute Gasteiger partial charge is 0.382 e. The summed E-state index contributed by atoms with van der Waals surface area (Å²) in [4.78, 5) is 0. The highest BCUT2D eigenvalue weighted by Crippen LogP contribution is 2.22. The molecular formula is C10H11F4NO. The second-order valence-corrected chi connectivity index (χ2v) is 3.37. The van der Waals surface area contributed by atoms with Gasteiger partial charge in [0.05, 0.1) is 5.69 Å². The first-order chi connectivity index (χ1) is 7.32. The second-order valence-electron chi connectivity index (χ2n) is 3.37. The van der Waals surface area contributed by atoms with Gasteiger partial charge in [0.1, 0.15) is 5.82 Å². The van der Waals surface area contributed by atoms with Crippen LogP contribution in [-0.4, -0.2) is 23.9 Å². The largest absolute Gasteiger partial charge is 0.416 e. The maximum atomic E-state index is 13.2. The van der Waals surface area contributed by atoms with Crippen molar-refractivity contribution < 1.29 is 22.7 Å². The van der Waals surface area contributed by atoms with E-state index in [1.54, 1.807) is 13.0 Å². The van der Waals surface area contributed by atoms with E-state index in [0.29, 0.717) is 5.56 Å². The molecule has 1 aromatic rings. The van der Waals surface area contributed by atoms with E-state index in [-0.39, 0.29) is 5.69 Å². The number of hydrogen-bond acceptors (Lipinski definition) is 2. The fourth-order valence-corrected chi connectivity index (χ4v) is 1.17. The summed E-state index contributed by atoms with van der Waals surface area (Å²) in [5, 5.41) is 11.0. The zero-order valence-corrected chi connectivity index (χ0v) is 8.48. The van der Waals surface area contributed by atoms with E-state index in [2.05, 4.69) is 5.32 Å². The lowest BCUT2D eigenvalue weighted by Crippen LogP contribution is -2.35. The van der Waals surface area contributed by atoms with E-state index < -0.39 is 24.6 Å². The first-order valence-corrected chi connectivity index (χ1v) is 4.56. The lowest BCUT2D eigenvalue weighted by Gasteiger charge is -2.17. The van der Waals surface area contributed by atoms with Crippen molar-refractivity contribution in [1.29, 1.82) is 0 Å². The number of aryl methyl sites for hydroxylation is 1. The molecule has 0 aliphatic rings. The average Bonchev–Trinajstić information content (AvgIpc) is 2.15. The van der Waals surface area contributed by atoms with E-state index >= 15 is 0 Å². The van der Waals surface area contributed by atoms with Crippen molar-refractivity contribution in [3.05, 3.63) is 29.6 Å². The van der Waals surface area contributed by atoms with Gasteiger partial charge in [-0.05, 0) is 18.6 Å². The van der Waals surface area contributed by atoms with Gasteiger partial charge in [0.25, 0.3) is 0 Å². The summed E-state index contributed by atoms with van der Waals surface area (Å²) in [5.74, 6) is -0.644. The minimum Gasteiger partial charge on any atom is -0.382 e. The molecule has 2 N–H and O–H groups in total. The second kappa shape index (κ2) is 4.69. The Balaban J connectivity index is 2.69. The Morgan fingerprint density at radius 3 is 2.50 bits per heavy atom. The maximum Gasteiger partial charge on any atom is 0.416 e. The van der Waals surface area contributed by atoms with Gasteiger partial charge in [0.2, 0.25) is 0 Å². The third kappa shape index (κ3) is 3.10. The van der Waals surface area contributed by atoms with Crippen LogP contribution in [0.25, 0.3) is 0 Å². The number of halogens is 4. The number of nitrogens with one attached hydrogen (secondary N) is 1. The van der Waals surface area contributed by atoms with Crippen LogP contribution < -0.4 is 5.32 Å². The third-order valence-electron chi connectivity index (χ3n) is 2.07. The van der Waals surface area contributed by atoms with Crippen LogP contribution in [0.4, 0.5) is 23.2 Å². The number of anilines is 1. The number of rotatable bonds is 3. The fraction of sp³-hybridized carbons (Fsp3) is 0.400. The van der Waals surface area contributed by atoms with Crippen molar-refractivity contribution >= 4 is 5.69 Å². The van der Waals surface area contributed by atoms with Crippen LogP contribution in [0.5, 0.6) is 0 Å². The molecule has 0 amide bonds. The highest BCUT2D eigenvalue weighted by molar-refractivity contribution is 5.51. The predicted octanol–water partition coefficient (Wildman–Crippen LogP) is 2.47. The summed E-state index contributed by atoms with van der Waals surface area (Å²) in [5.41, 5.74) is 0.458. The molecule has 6 heteroatoms. The number of hydrogen-bond donors (Lipinski definition) is 2. The molecule has 0 radical (unpaired) electrons. The average molecular weight is 237 g/mol. The highest BCUT2D eigenvalue weighted by atomic mass is 19.4. The first-order valence-electron chi connectivity index (χ1n) is 4.56. The van der Waals surface area contributed by atoms with Gasteiger partial charge in [-0.25, -0.2) is 4.39 Å². The molecule has 0 saturated carbocycles. The zero-order valence-electron chi connectivity index (χ0n) is 8.48. The predicted molar refractivity (Wildman–Crippen MR) is 51.7 cm³/mol. The Morgan fingerprint density at radius 1 is 1.38 bits per heavy atom. The fourth-order valence-electron chi connectivity index (χ4n) is 1.17. The van der Waals surface area contributed by atoms with Crippen LogP contribution in [0.2, 0.25) is 0 Å². The minimum absolute atomic E-state index is 0.0224. The van der Waals surface area contributed by atoms with Crippen LogP contribution >= 0.6 is 0 Å². The highest BCUT2D eigenvalue weighted by Gasteiger charge is 2.37. The molecule has 0 heterocycles. The molecule has 16 heavy (non-hydrogen) atoms. The van der Waals surface area contributed by atoms with Crippen LogP contribution in [0.3, 0.4) is 0 Å². The Labute approximate surface area is 89.9 Å². The molecule has 1 unspecified atom stereocenters. The van der Waals surface area contributed by atoms with Crippen LogP contribution in [0, 0.1) is 12.7 Å². The van der Waals surface area contributed by atoms with E-state index in [9.17, 15) is 17.6 Å². The van der Waals surface area contributed by atoms with Crippen molar-refractivity contribution in [2.24, 2.45) is 0 Å². The van der Waals surface area contributed by atoms with E-state index in [4.69, 9.17) is 5.11 Å². The molecular weight excluding hydrogens is 226 g/mol. The van der Waals surface area contributed by atoms with Crippen molar-refractivity contribution in [3.63, 3.8) is 0 Å². The monoisotopic (exact) mass is 237 g/mol. The van der Waals surface area contributed by atoms with Crippen LogP contribution in [-0.2, 0) is 0 Å². The zero-order chi connectivity index (χ0) is 12.3. The van der Waals surface area contributed by atoms with Gasteiger partial charge in [-0.3, -0.25) is 0 Å². The summed E-state index contributed by atoms with van der Waals surface area (Å²) < 4.78 is 49.1. The Kier molecular flexibility index (Phi) is 3.74. The number of para-hydroxylation sites is 1. The molecule has 1 atom stereocenters. The molecule has 90 valence electrons. The van der Waals surface area contributed by atoms with Gasteiger partial charge >= 0.3 is 6.18 Å². The topological polar surface area (TPSA) is 32.3 Å². The van der Waals surface area contributed by atoms with Gasteiger partial charge in [-0.15, -0.1) is 0 Å². The standard InChI is InChI=1S/C10H11F4NO/c1-6-3-2-4-7(11)9(6)15-5-8(16)10(12,13)14/h2-4,8,15-16H,5H2,1H3. The number of aliphatic hydroxyl groups is 1. The van der Waals surface area contributed by atoms with Crippen molar-refractivity contribution in [1.82, 2.24) is 0 Å². The van der Waals surface area contributed by atoms with E-state index in [0.717, 1.165) is 6.07 Å². The van der Waals surface area contributed by atoms with E-state index in [1.165, 1.54) is 6.07 Å². The lowest BCUT2D eigenvalue weighted by atomic mass is 10.2. The van der Waals surface area contributed by atoms with Gasteiger partial charge in [-0.2, -0.15) is 13.2 Å². The molecule has 0 fully saturated rings. The Bertz CT molecular complexity index is 344. The van der Waals surface area contributed by atoms with Gasteiger partial charge < -0.3 is 10.4 Å². The van der Waals surface area contributed by atoms with E-state index in [1.807, 2.05) is 0 Å². The quantitative estimate of drug-likeness (QED) is 0.791. The molecule has 2 nitrogen and oxygen atoms in total. The molecule has 1 aromatic carbocycles. The molecule has 0 aliphatic carbocycles. The third-order valence-corrected chi connectivity index (χ3v) is 2.07. The Hall–Kier alpha value is -1.30. The molecule has 0 bridgehead atoms. The first kappa shape index (κ1) is 12.8. The Morgan fingerprint density at radius 2 is 2.00 bits per heavy atom. The lowest BCUT2D eigenvalue weighted by molar-refractivity contribution is -0.198. The summed E-state index contributed by atoms with van der Waals surface area (Å²) in [6, 6.07) is 4.15. The van der Waals surface area contributed by atoms with Gasteiger partial charge in [0, 0.05) is 6.54 Å². The van der Waals surface area contributed by atoms with Crippen LogP contribution in [0.15, 0.2) is 18.2 Å². The normalized spacial score (nSPS) is 13.6. The molecule has 0 spiro atoms. The van der Waals surface area contributed by atoms with Crippen molar-refractivity contribution in [2.75, 3.05) is 11.9 Å². The molecule has 0 aliphatic heterocycles. The molecule has 0 saturated heterocycles. The summed E-state index contributed by atoms with van der Waals surface area (Å²) in [7, 11) is 0. The summed E-state index contributed by atoms with van der Waals surface area (Å²) >= 11 is 0. The van der Waals surface area contributed by atoms with Gasteiger partial charge in [-0.1, -0.05) is 12.1 Å².